The maximum absolute atomic E-state index is 13.6. The number of benzene rings is 3. The molecule has 32 heavy (non-hydrogen) atoms. The van der Waals surface area contributed by atoms with Crippen molar-refractivity contribution in [2.45, 2.75) is 6.92 Å². The lowest BCUT2D eigenvalue weighted by molar-refractivity contribution is -0.136. The lowest BCUT2D eigenvalue weighted by atomic mass is 10.0. The Kier molecular flexibility index (Phi) is 5.90. The molecule has 0 N–H and O–H groups in total. The highest BCUT2D eigenvalue weighted by Crippen LogP contribution is 2.38. The van der Waals surface area contributed by atoms with E-state index in [1.165, 1.54) is 7.11 Å². The Bertz CT molecular complexity index is 1280. The van der Waals surface area contributed by atoms with Crippen molar-refractivity contribution < 1.29 is 19.1 Å². The number of ether oxygens (including phenoxy) is 2. The number of esters is 1. The molecule has 4 rings (SSSR count). The van der Waals surface area contributed by atoms with Crippen LogP contribution in [0.2, 0.25) is 0 Å². The molecular weight excluding hydrogens is 402 g/mol. The lowest BCUT2D eigenvalue weighted by Crippen LogP contribution is -2.24. The lowest BCUT2D eigenvalue weighted by Gasteiger charge is -2.20. The van der Waals surface area contributed by atoms with Crippen molar-refractivity contribution in [2.24, 2.45) is 0 Å². The zero-order valence-electron chi connectivity index (χ0n) is 18.0. The van der Waals surface area contributed by atoms with E-state index in [1.807, 2.05) is 66.7 Å². The van der Waals surface area contributed by atoms with Crippen LogP contribution in [0.15, 0.2) is 96.2 Å². The molecule has 0 unspecified atom stereocenters. The fourth-order valence-corrected chi connectivity index (χ4v) is 3.89. The molecule has 1 amide bonds. The molecule has 5 nitrogen and oxygen atoms in total. The molecule has 0 aliphatic carbocycles. The highest BCUT2D eigenvalue weighted by atomic mass is 16.5. The second-order valence-electron chi connectivity index (χ2n) is 7.32. The van der Waals surface area contributed by atoms with Crippen molar-refractivity contribution in [1.29, 1.82) is 0 Å². The van der Waals surface area contributed by atoms with Crippen LogP contribution >= 0.6 is 0 Å². The van der Waals surface area contributed by atoms with Crippen LogP contribution in [0.3, 0.4) is 0 Å². The van der Waals surface area contributed by atoms with Crippen LogP contribution < -0.4 is 9.64 Å². The molecule has 3 aromatic carbocycles. The summed E-state index contributed by atoms with van der Waals surface area (Å²) >= 11 is 0. The summed E-state index contributed by atoms with van der Waals surface area (Å²) in [5, 5.41) is 1.93. The van der Waals surface area contributed by atoms with E-state index in [0.29, 0.717) is 18.1 Å². The van der Waals surface area contributed by atoms with E-state index in [9.17, 15) is 9.59 Å². The fourth-order valence-electron chi connectivity index (χ4n) is 3.89. The topological polar surface area (TPSA) is 55.8 Å². The molecule has 0 saturated heterocycles. The second-order valence-corrected chi connectivity index (χ2v) is 7.32. The molecule has 0 bridgehead atoms. The van der Waals surface area contributed by atoms with Gasteiger partial charge in [-0.1, -0.05) is 61.2 Å². The standard InChI is InChI=1S/C27H23NO4/c1-4-15-32-21-12-7-9-19(16-21)17-23-25(27(30)31-3)18(2)28(26(23)29)24-14-8-11-20-10-5-6-13-22(20)24/h4-14,16-17H,1,15H2,2-3H3/b23-17-. The summed E-state index contributed by atoms with van der Waals surface area (Å²) < 4.78 is 10.6. The van der Waals surface area contributed by atoms with E-state index >= 15 is 0 Å². The van der Waals surface area contributed by atoms with Gasteiger partial charge in [-0.05, 0) is 42.1 Å². The summed E-state index contributed by atoms with van der Waals surface area (Å²) in [5.74, 6) is -0.184. The van der Waals surface area contributed by atoms with Gasteiger partial charge in [0.05, 0.1) is 23.9 Å². The van der Waals surface area contributed by atoms with Crippen molar-refractivity contribution in [3.8, 4) is 5.75 Å². The molecule has 0 saturated carbocycles. The highest BCUT2D eigenvalue weighted by molar-refractivity contribution is 6.25. The zero-order chi connectivity index (χ0) is 22.7. The van der Waals surface area contributed by atoms with Crippen LogP contribution in [0.4, 0.5) is 5.69 Å². The monoisotopic (exact) mass is 425 g/mol. The van der Waals surface area contributed by atoms with E-state index in [0.717, 1.165) is 22.0 Å². The zero-order valence-corrected chi connectivity index (χ0v) is 18.0. The van der Waals surface area contributed by atoms with Gasteiger partial charge in [0.25, 0.3) is 5.91 Å². The molecule has 0 aromatic heterocycles. The van der Waals surface area contributed by atoms with Gasteiger partial charge in [0.15, 0.2) is 0 Å². The van der Waals surface area contributed by atoms with Crippen LogP contribution in [0.25, 0.3) is 16.8 Å². The van der Waals surface area contributed by atoms with Gasteiger partial charge in [0, 0.05) is 11.1 Å². The van der Waals surface area contributed by atoms with Gasteiger partial charge in [0.2, 0.25) is 0 Å². The fraction of sp³-hybridized carbons (Fsp3) is 0.111. The van der Waals surface area contributed by atoms with Gasteiger partial charge >= 0.3 is 5.97 Å². The summed E-state index contributed by atoms with van der Waals surface area (Å²) in [6.07, 6.45) is 3.36. The predicted molar refractivity (Wildman–Crippen MR) is 126 cm³/mol. The van der Waals surface area contributed by atoms with Crippen molar-refractivity contribution in [1.82, 2.24) is 0 Å². The first-order valence-electron chi connectivity index (χ1n) is 10.2. The number of hydrogen-bond donors (Lipinski definition) is 0. The number of rotatable bonds is 6. The Balaban J connectivity index is 1.84. The number of carbonyl (C=O) groups excluding carboxylic acids is 2. The Labute approximate surface area is 186 Å². The van der Waals surface area contributed by atoms with Crippen LogP contribution in [-0.4, -0.2) is 25.6 Å². The van der Waals surface area contributed by atoms with E-state index < -0.39 is 5.97 Å². The smallest absolute Gasteiger partial charge is 0.340 e. The number of allylic oxidation sites excluding steroid dienone is 1. The third kappa shape index (κ3) is 3.81. The minimum atomic E-state index is -0.552. The minimum Gasteiger partial charge on any atom is -0.490 e. The summed E-state index contributed by atoms with van der Waals surface area (Å²) in [7, 11) is 1.31. The van der Waals surface area contributed by atoms with Crippen molar-refractivity contribution in [2.75, 3.05) is 18.6 Å². The maximum atomic E-state index is 13.6. The first kappa shape index (κ1) is 21.1. The summed E-state index contributed by atoms with van der Waals surface area (Å²) in [6, 6.07) is 20.9. The third-order valence-electron chi connectivity index (χ3n) is 5.33. The molecule has 5 heteroatoms. The molecule has 0 fully saturated rings. The number of hydrogen-bond acceptors (Lipinski definition) is 4. The average Bonchev–Trinajstić information content (AvgIpc) is 3.06. The maximum Gasteiger partial charge on any atom is 0.340 e. The van der Waals surface area contributed by atoms with Crippen LogP contribution in [0.1, 0.15) is 12.5 Å². The Hall–Kier alpha value is -4.12. The average molecular weight is 425 g/mol. The van der Waals surface area contributed by atoms with Gasteiger partial charge in [-0.25, -0.2) is 4.79 Å². The molecule has 160 valence electrons. The summed E-state index contributed by atoms with van der Waals surface area (Å²) in [5.41, 5.74) is 2.52. The van der Waals surface area contributed by atoms with E-state index in [1.54, 1.807) is 24.0 Å². The Morgan fingerprint density at radius 1 is 1.06 bits per heavy atom. The number of anilines is 1. The predicted octanol–water partition coefficient (Wildman–Crippen LogP) is 5.28. The van der Waals surface area contributed by atoms with Crippen LogP contribution in [0.5, 0.6) is 5.75 Å². The largest absolute Gasteiger partial charge is 0.490 e. The Morgan fingerprint density at radius 2 is 1.81 bits per heavy atom. The van der Waals surface area contributed by atoms with E-state index in [4.69, 9.17) is 9.47 Å². The van der Waals surface area contributed by atoms with Gasteiger partial charge in [-0.3, -0.25) is 9.69 Å². The number of methoxy groups -OCH3 is 1. The molecule has 1 aliphatic heterocycles. The summed E-state index contributed by atoms with van der Waals surface area (Å²) in [4.78, 5) is 27.9. The van der Waals surface area contributed by atoms with Gasteiger partial charge in [-0.2, -0.15) is 0 Å². The van der Waals surface area contributed by atoms with Gasteiger partial charge < -0.3 is 9.47 Å². The molecule has 0 radical (unpaired) electrons. The van der Waals surface area contributed by atoms with Crippen molar-refractivity contribution in [3.05, 3.63) is 102 Å². The quantitative estimate of drug-likeness (QED) is 0.306. The number of fused-ring (bicyclic) bond motifs is 1. The van der Waals surface area contributed by atoms with Crippen LogP contribution in [-0.2, 0) is 14.3 Å². The molecule has 1 aliphatic rings. The van der Waals surface area contributed by atoms with E-state index in [-0.39, 0.29) is 17.1 Å². The van der Waals surface area contributed by atoms with Crippen LogP contribution in [0, 0.1) is 0 Å². The van der Waals surface area contributed by atoms with Crippen molar-refractivity contribution >= 4 is 34.4 Å². The van der Waals surface area contributed by atoms with Gasteiger partial charge in [0.1, 0.15) is 12.4 Å². The second kappa shape index (κ2) is 8.94. The number of amides is 1. The minimum absolute atomic E-state index is 0.253. The van der Waals surface area contributed by atoms with Crippen molar-refractivity contribution in [3.63, 3.8) is 0 Å². The Morgan fingerprint density at radius 3 is 2.59 bits per heavy atom. The highest BCUT2D eigenvalue weighted by Gasteiger charge is 2.38. The summed E-state index contributed by atoms with van der Waals surface area (Å²) in [6.45, 7) is 5.79. The number of carbonyl (C=O) groups is 2. The normalized spacial score (nSPS) is 14.9. The number of nitrogens with zero attached hydrogens (tertiary/aromatic N) is 1. The molecule has 3 aromatic rings. The molecule has 0 spiro atoms. The third-order valence-corrected chi connectivity index (χ3v) is 5.33. The molecular formula is C27H23NO4. The van der Waals surface area contributed by atoms with Gasteiger partial charge in [-0.15, -0.1) is 0 Å². The first-order valence-corrected chi connectivity index (χ1v) is 10.2. The molecule has 1 heterocycles. The van der Waals surface area contributed by atoms with E-state index in [2.05, 4.69) is 6.58 Å². The molecule has 0 atom stereocenters. The first-order chi connectivity index (χ1) is 15.5. The SMILES string of the molecule is C=CCOc1cccc(/C=C2\C(=O)N(c3cccc4ccccc34)C(C)=C2C(=O)OC)c1.